The Balaban J connectivity index is 2.26. The van der Waals surface area contributed by atoms with Gasteiger partial charge in [0.05, 0.1) is 0 Å². The van der Waals surface area contributed by atoms with Gasteiger partial charge in [0.25, 0.3) is 5.56 Å². The molecule has 2 rings (SSSR count). The Morgan fingerprint density at radius 3 is 2.35 bits per heavy atom. The Morgan fingerprint density at radius 1 is 1.15 bits per heavy atom. The summed E-state index contributed by atoms with van der Waals surface area (Å²) in [5, 5.41) is 8.24. The van der Waals surface area contributed by atoms with Crippen LogP contribution in [0.1, 0.15) is 27.9 Å². The number of nitrogens with zero attached hydrogens (tertiary/aromatic N) is 3. The molecule has 0 bridgehead atoms. The summed E-state index contributed by atoms with van der Waals surface area (Å²) >= 11 is 1.42. The van der Waals surface area contributed by atoms with Crippen molar-refractivity contribution in [2.45, 2.75) is 38.6 Å². The molecule has 0 radical (unpaired) electrons. The number of rotatable bonds is 3. The quantitative estimate of drug-likeness (QED) is 0.690. The molecule has 0 aliphatic carbocycles. The van der Waals surface area contributed by atoms with Crippen LogP contribution in [0.2, 0.25) is 0 Å². The third-order valence-corrected chi connectivity index (χ3v) is 4.18. The zero-order valence-corrected chi connectivity index (χ0v) is 12.9. The van der Waals surface area contributed by atoms with Crippen LogP contribution in [0.15, 0.2) is 22.1 Å². The van der Waals surface area contributed by atoms with Crippen LogP contribution in [0, 0.1) is 27.7 Å². The number of hydrogen-bond acceptors (Lipinski definition) is 5. The molecule has 0 aliphatic heterocycles. The molecular formula is C14H18N4OS. The molecular weight excluding hydrogens is 272 g/mol. The molecule has 6 heteroatoms. The summed E-state index contributed by atoms with van der Waals surface area (Å²) in [6.45, 7) is 7.86. The van der Waals surface area contributed by atoms with Crippen molar-refractivity contribution in [1.82, 2.24) is 14.9 Å². The minimum absolute atomic E-state index is 0.305. The average Bonchev–Trinajstić information content (AvgIpc) is 2.37. The maximum Gasteiger partial charge on any atom is 0.294 e. The summed E-state index contributed by atoms with van der Waals surface area (Å²) < 4.78 is 1.06. The monoisotopic (exact) mass is 290 g/mol. The van der Waals surface area contributed by atoms with Crippen molar-refractivity contribution in [2.24, 2.45) is 0 Å². The second-order valence-electron chi connectivity index (χ2n) is 4.91. The van der Waals surface area contributed by atoms with E-state index in [4.69, 9.17) is 5.84 Å². The van der Waals surface area contributed by atoms with Crippen LogP contribution >= 0.6 is 11.8 Å². The molecule has 1 heterocycles. The highest BCUT2D eigenvalue weighted by molar-refractivity contribution is 7.98. The normalized spacial score (nSPS) is 10.8. The first kappa shape index (κ1) is 14.6. The fourth-order valence-electron chi connectivity index (χ4n) is 2.14. The molecule has 0 fully saturated rings. The van der Waals surface area contributed by atoms with Gasteiger partial charge in [-0.2, -0.15) is 4.68 Å². The van der Waals surface area contributed by atoms with Gasteiger partial charge in [-0.05, 0) is 44.4 Å². The Labute approximate surface area is 122 Å². The van der Waals surface area contributed by atoms with E-state index in [1.165, 1.54) is 34.0 Å². The van der Waals surface area contributed by atoms with Crippen LogP contribution in [0.4, 0.5) is 0 Å². The largest absolute Gasteiger partial charge is 0.334 e. The second-order valence-corrected chi connectivity index (χ2v) is 5.85. The Bertz CT molecular complexity index is 686. The highest BCUT2D eigenvalue weighted by Crippen LogP contribution is 2.24. The van der Waals surface area contributed by atoms with Crippen LogP contribution < -0.4 is 11.4 Å². The lowest BCUT2D eigenvalue weighted by molar-refractivity contribution is 0.681. The SMILES string of the molecule is Cc1cc(C)c(CSc2nnc(C)c(=O)n2N)c(C)c1. The molecule has 0 amide bonds. The number of nitrogen functional groups attached to an aromatic ring is 1. The fraction of sp³-hybridized carbons (Fsp3) is 0.357. The first-order valence-electron chi connectivity index (χ1n) is 6.31. The van der Waals surface area contributed by atoms with E-state index in [-0.39, 0.29) is 5.56 Å². The van der Waals surface area contributed by atoms with E-state index in [2.05, 4.69) is 43.1 Å². The smallest absolute Gasteiger partial charge is 0.294 e. The first-order chi connectivity index (χ1) is 9.40. The topological polar surface area (TPSA) is 73.8 Å². The van der Waals surface area contributed by atoms with Gasteiger partial charge < -0.3 is 5.84 Å². The maximum atomic E-state index is 11.7. The molecule has 2 aromatic rings. The van der Waals surface area contributed by atoms with Gasteiger partial charge in [-0.3, -0.25) is 4.79 Å². The maximum absolute atomic E-state index is 11.7. The van der Waals surface area contributed by atoms with Gasteiger partial charge in [0, 0.05) is 5.75 Å². The zero-order chi connectivity index (χ0) is 14.9. The molecule has 0 unspecified atom stereocenters. The van der Waals surface area contributed by atoms with Crippen molar-refractivity contribution in [2.75, 3.05) is 5.84 Å². The average molecular weight is 290 g/mol. The molecule has 1 aromatic heterocycles. The minimum Gasteiger partial charge on any atom is -0.334 e. The summed E-state index contributed by atoms with van der Waals surface area (Å²) in [6.07, 6.45) is 0. The fourth-order valence-corrected chi connectivity index (χ4v) is 3.19. The van der Waals surface area contributed by atoms with Crippen LogP contribution in [-0.4, -0.2) is 14.9 Å². The molecule has 106 valence electrons. The summed E-state index contributed by atoms with van der Waals surface area (Å²) in [6, 6.07) is 4.30. The van der Waals surface area contributed by atoms with Crippen LogP contribution in [0.5, 0.6) is 0 Å². The van der Waals surface area contributed by atoms with E-state index >= 15 is 0 Å². The third-order valence-electron chi connectivity index (χ3n) is 3.21. The zero-order valence-electron chi connectivity index (χ0n) is 12.1. The molecule has 1 aromatic carbocycles. The Hall–Kier alpha value is -1.82. The molecule has 5 nitrogen and oxygen atoms in total. The van der Waals surface area contributed by atoms with E-state index < -0.39 is 0 Å². The van der Waals surface area contributed by atoms with Crippen molar-refractivity contribution >= 4 is 11.8 Å². The van der Waals surface area contributed by atoms with Crippen LogP contribution in [0.25, 0.3) is 0 Å². The lowest BCUT2D eigenvalue weighted by Crippen LogP contribution is -2.32. The second kappa shape index (κ2) is 5.66. The predicted octanol–water partition coefficient (Wildman–Crippen LogP) is 1.88. The number of hydrogen-bond donors (Lipinski definition) is 1. The Morgan fingerprint density at radius 2 is 1.75 bits per heavy atom. The molecule has 20 heavy (non-hydrogen) atoms. The Kier molecular flexibility index (Phi) is 4.13. The predicted molar refractivity (Wildman–Crippen MR) is 81.4 cm³/mol. The number of benzene rings is 1. The van der Waals surface area contributed by atoms with Gasteiger partial charge in [0.15, 0.2) is 0 Å². The summed E-state index contributed by atoms with van der Waals surface area (Å²) in [5.41, 5.74) is 4.97. The lowest BCUT2D eigenvalue weighted by atomic mass is 10.0. The molecule has 0 aliphatic rings. The van der Waals surface area contributed by atoms with E-state index in [0.29, 0.717) is 16.6 Å². The van der Waals surface area contributed by atoms with E-state index in [1.807, 2.05) is 0 Å². The summed E-state index contributed by atoms with van der Waals surface area (Å²) in [5.74, 6) is 6.44. The minimum atomic E-state index is -0.306. The van der Waals surface area contributed by atoms with Gasteiger partial charge in [-0.1, -0.05) is 29.5 Å². The van der Waals surface area contributed by atoms with Gasteiger partial charge in [-0.15, -0.1) is 10.2 Å². The molecule has 0 saturated carbocycles. The van der Waals surface area contributed by atoms with Crippen molar-refractivity contribution in [1.29, 1.82) is 0 Å². The van der Waals surface area contributed by atoms with Crippen molar-refractivity contribution in [3.8, 4) is 0 Å². The number of thioether (sulfide) groups is 1. The van der Waals surface area contributed by atoms with Gasteiger partial charge in [-0.25, -0.2) is 0 Å². The molecule has 2 N–H and O–H groups in total. The molecule has 0 spiro atoms. The van der Waals surface area contributed by atoms with E-state index in [9.17, 15) is 4.79 Å². The van der Waals surface area contributed by atoms with Gasteiger partial charge >= 0.3 is 0 Å². The third kappa shape index (κ3) is 2.85. The van der Waals surface area contributed by atoms with Crippen molar-refractivity contribution in [3.63, 3.8) is 0 Å². The summed E-state index contributed by atoms with van der Waals surface area (Å²) in [4.78, 5) is 11.7. The number of aromatic nitrogens is 3. The number of nitrogens with two attached hydrogens (primary N) is 1. The molecule has 0 saturated heterocycles. The van der Waals surface area contributed by atoms with Crippen molar-refractivity contribution in [3.05, 3.63) is 50.4 Å². The first-order valence-corrected chi connectivity index (χ1v) is 7.29. The standard InChI is InChI=1S/C14H18N4OS/c1-8-5-9(2)12(10(3)6-8)7-20-14-17-16-11(4)13(19)18(14)15/h5-6H,7,15H2,1-4H3. The van der Waals surface area contributed by atoms with Crippen LogP contribution in [-0.2, 0) is 5.75 Å². The lowest BCUT2D eigenvalue weighted by Gasteiger charge is -2.11. The van der Waals surface area contributed by atoms with E-state index in [1.54, 1.807) is 6.92 Å². The summed E-state index contributed by atoms with van der Waals surface area (Å²) in [7, 11) is 0. The van der Waals surface area contributed by atoms with Gasteiger partial charge in [0.1, 0.15) is 5.69 Å². The highest BCUT2D eigenvalue weighted by Gasteiger charge is 2.10. The van der Waals surface area contributed by atoms with Crippen molar-refractivity contribution < 1.29 is 0 Å². The number of aryl methyl sites for hydroxylation is 4. The molecule has 0 atom stereocenters. The van der Waals surface area contributed by atoms with E-state index in [0.717, 1.165) is 4.68 Å². The highest BCUT2D eigenvalue weighted by atomic mass is 32.2. The van der Waals surface area contributed by atoms with Gasteiger partial charge in [0.2, 0.25) is 5.16 Å². The van der Waals surface area contributed by atoms with Crippen LogP contribution in [0.3, 0.4) is 0 Å².